The van der Waals surface area contributed by atoms with E-state index < -0.39 is 33.6 Å². The molecule has 0 aliphatic carbocycles. The average molecular weight is 467 g/mol. The summed E-state index contributed by atoms with van der Waals surface area (Å²) in [5, 5.41) is 11.4. The van der Waals surface area contributed by atoms with Crippen LogP contribution in [0.2, 0.25) is 0 Å². The molecule has 0 aliphatic heterocycles. The summed E-state index contributed by atoms with van der Waals surface area (Å²) in [5.41, 5.74) is 1.37. The molecule has 0 aliphatic rings. The fraction of sp³-hybridized carbons (Fsp3) is 0.158. The number of aryl methyl sites for hydroxylation is 1. The zero-order valence-electron chi connectivity index (χ0n) is 16.4. The lowest BCUT2D eigenvalue weighted by Gasteiger charge is -2.11. The molecule has 32 heavy (non-hydrogen) atoms. The van der Waals surface area contributed by atoms with Gasteiger partial charge in [-0.15, -0.1) is 0 Å². The molecule has 3 N–H and O–H groups in total. The second-order valence-corrected chi connectivity index (χ2v) is 8.39. The van der Waals surface area contributed by atoms with E-state index in [0.717, 1.165) is 17.8 Å². The molecule has 3 rings (SSSR count). The molecule has 0 saturated carbocycles. The number of carbonyl (C=O) groups is 1. The summed E-state index contributed by atoms with van der Waals surface area (Å²) >= 11 is 0. The predicted octanol–water partition coefficient (Wildman–Crippen LogP) is 3.44. The molecule has 13 heteroatoms. The van der Waals surface area contributed by atoms with Gasteiger partial charge in [-0.05, 0) is 48.4 Å². The first-order chi connectivity index (χ1) is 14.9. The van der Waals surface area contributed by atoms with E-state index in [1.54, 1.807) is 31.2 Å². The van der Waals surface area contributed by atoms with Crippen molar-refractivity contribution >= 4 is 33.4 Å². The minimum Gasteiger partial charge on any atom is -0.480 e. The van der Waals surface area contributed by atoms with Crippen LogP contribution in [0.15, 0.2) is 48.8 Å². The summed E-state index contributed by atoms with van der Waals surface area (Å²) in [5.74, 6) is -2.88. The number of rotatable bonds is 7. The van der Waals surface area contributed by atoms with E-state index in [-0.39, 0.29) is 11.8 Å². The molecular weight excluding hydrogens is 451 g/mol. The van der Waals surface area contributed by atoms with Crippen molar-refractivity contribution in [2.45, 2.75) is 13.1 Å². The van der Waals surface area contributed by atoms with Crippen LogP contribution in [0.5, 0.6) is 0 Å². The van der Waals surface area contributed by atoms with Gasteiger partial charge in [-0.2, -0.15) is 13.2 Å². The molecule has 2 aromatic heterocycles. The lowest BCUT2D eigenvalue weighted by atomic mass is 10.0. The van der Waals surface area contributed by atoms with Gasteiger partial charge in [0.25, 0.3) is 0 Å². The van der Waals surface area contributed by atoms with Crippen LogP contribution in [0.4, 0.5) is 30.6 Å². The highest BCUT2D eigenvalue weighted by Crippen LogP contribution is 2.29. The van der Waals surface area contributed by atoms with Crippen molar-refractivity contribution in [3.8, 4) is 11.1 Å². The number of nitrogens with one attached hydrogen (secondary N) is 2. The number of aromatic nitrogens is 3. The molecular formula is C19H16F3N5O4S. The van der Waals surface area contributed by atoms with E-state index in [2.05, 4.69) is 25.0 Å². The van der Waals surface area contributed by atoms with Crippen molar-refractivity contribution in [3.05, 3.63) is 60.0 Å². The second kappa shape index (κ2) is 8.78. The number of benzene rings is 1. The molecule has 168 valence electrons. The van der Waals surface area contributed by atoms with Crippen molar-refractivity contribution in [1.82, 2.24) is 15.0 Å². The van der Waals surface area contributed by atoms with Crippen LogP contribution in [0.1, 0.15) is 11.3 Å². The van der Waals surface area contributed by atoms with E-state index in [4.69, 9.17) is 5.11 Å². The van der Waals surface area contributed by atoms with E-state index >= 15 is 0 Å². The number of pyridine rings is 1. The van der Waals surface area contributed by atoms with Crippen molar-refractivity contribution in [2.24, 2.45) is 0 Å². The standard InChI is InChI=1S/C19H16F3N5O4S/c1-11-6-13(12-2-3-16(24-9-12)27-32(30,31)10-17(28)29)8-14(7-11)25-18-23-5-4-15(26-18)19(20,21)22/h2-9H,10H2,1H3,(H,24,27)(H,28,29)(H,23,25,26). The van der Waals surface area contributed by atoms with Gasteiger partial charge in [-0.1, -0.05) is 6.07 Å². The van der Waals surface area contributed by atoms with Crippen molar-refractivity contribution in [2.75, 3.05) is 15.8 Å². The average Bonchev–Trinajstić information content (AvgIpc) is 2.66. The van der Waals surface area contributed by atoms with Gasteiger partial charge in [-0.25, -0.2) is 23.4 Å². The summed E-state index contributed by atoms with van der Waals surface area (Å²) in [7, 11) is -4.09. The summed E-state index contributed by atoms with van der Waals surface area (Å²) in [6.45, 7) is 1.78. The normalized spacial score (nSPS) is 11.8. The number of hydrogen-bond acceptors (Lipinski definition) is 7. The predicted molar refractivity (Wildman–Crippen MR) is 110 cm³/mol. The van der Waals surface area contributed by atoms with Crippen LogP contribution in [0.25, 0.3) is 11.1 Å². The van der Waals surface area contributed by atoms with Crippen molar-refractivity contribution in [3.63, 3.8) is 0 Å². The summed E-state index contributed by atoms with van der Waals surface area (Å²) < 4.78 is 64.0. The molecule has 0 amide bonds. The largest absolute Gasteiger partial charge is 0.480 e. The highest BCUT2D eigenvalue weighted by atomic mass is 32.2. The Morgan fingerprint density at radius 2 is 1.84 bits per heavy atom. The molecule has 3 aromatic rings. The molecule has 0 atom stereocenters. The van der Waals surface area contributed by atoms with Gasteiger partial charge in [-0.3, -0.25) is 9.52 Å². The third-order valence-electron chi connectivity index (χ3n) is 3.95. The summed E-state index contributed by atoms with van der Waals surface area (Å²) in [4.78, 5) is 21.8. The zero-order chi connectivity index (χ0) is 23.5. The summed E-state index contributed by atoms with van der Waals surface area (Å²) in [6.07, 6.45) is -2.22. The quantitative estimate of drug-likeness (QED) is 0.481. The zero-order valence-corrected chi connectivity index (χ0v) is 17.2. The first-order valence-electron chi connectivity index (χ1n) is 8.89. The lowest BCUT2D eigenvalue weighted by Crippen LogP contribution is -2.22. The van der Waals surface area contributed by atoms with E-state index in [1.807, 2.05) is 0 Å². The van der Waals surface area contributed by atoms with E-state index in [0.29, 0.717) is 16.8 Å². The third kappa shape index (κ3) is 6.14. The molecule has 0 fully saturated rings. The van der Waals surface area contributed by atoms with Gasteiger partial charge in [0.1, 0.15) is 11.5 Å². The van der Waals surface area contributed by atoms with Crippen LogP contribution in [-0.4, -0.2) is 40.2 Å². The molecule has 9 nitrogen and oxygen atoms in total. The Labute approximate surface area is 180 Å². The minimum atomic E-state index is -4.60. The number of alkyl halides is 3. The number of nitrogens with zero attached hydrogens (tertiary/aromatic N) is 3. The molecule has 2 heterocycles. The number of anilines is 3. The number of aliphatic carboxylic acids is 1. The van der Waals surface area contributed by atoms with Crippen molar-refractivity contribution in [1.29, 1.82) is 0 Å². The molecule has 1 aromatic carbocycles. The Morgan fingerprint density at radius 3 is 2.47 bits per heavy atom. The van der Waals surface area contributed by atoms with Crippen LogP contribution in [0, 0.1) is 6.92 Å². The van der Waals surface area contributed by atoms with Gasteiger partial charge in [0, 0.05) is 23.6 Å². The summed E-state index contributed by atoms with van der Waals surface area (Å²) in [6, 6.07) is 8.82. The van der Waals surface area contributed by atoms with Gasteiger partial charge in [0.2, 0.25) is 16.0 Å². The lowest BCUT2D eigenvalue weighted by molar-refractivity contribution is -0.141. The Bertz CT molecular complexity index is 1250. The molecule has 0 unspecified atom stereocenters. The number of carboxylic acids is 1. The van der Waals surface area contributed by atoms with Crippen LogP contribution in [-0.2, 0) is 21.0 Å². The van der Waals surface area contributed by atoms with Crippen LogP contribution < -0.4 is 10.0 Å². The van der Waals surface area contributed by atoms with E-state index in [1.165, 1.54) is 12.3 Å². The first-order valence-corrected chi connectivity index (χ1v) is 10.5. The first kappa shape index (κ1) is 22.9. The van der Waals surface area contributed by atoms with Crippen molar-refractivity contribution < 1.29 is 31.5 Å². The highest BCUT2D eigenvalue weighted by Gasteiger charge is 2.32. The molecule has 0 saturated heterocycles. The minimum absolute atomic E-state index is 0.0571. The molecule has 0 bridgehead atoms. The highest BCUT2D eigenvalue weighted by molar-refractivity contribution is 7.93. The Kier molecular flexibility index (Phi) is 6.30. The Hall–Kier alpha value is -3.74. The molecule has 0 radical (unpaired) electrons. The van der Waals surface area contributed by atoms with Crippen LogP contribution in [0.3, 0.4) is 0 Å². The Balaban J connectivity index is 1.82. The topological polar surface area (TPSA) is 134 Å². The molecule has 0 spiro atoms. The van der Waals surface area contributed by atoms with Crippen LogP contribution >= 0.6 is 0 Å². The third-order valence-corrected chi connectivity index (χ3v) is 5.10. The number of hydrogen-bond donors (Lipinski definition) is 3. The number of sulfonamides is 1. The number of carboxylic acid groups (broad SMARTS) is 1. The monoisotopic (exact) mass is 467 g/mol. The fourth-order valence-corrected chi connectivity index (χ4v) is 3.55. The van der Waals surface area contributed by atoms with Gasteiger partial charge in [0.15, 0.2) is 5.75 Å². The second-order valence-electron chi connectivity index (χ2n) is 6.66. The van der Waals surface area contributed by atoms with Gasteiger partial charge >= 0.3 is 12.1 Å². The van der Waals surface area contributed by atoms with Gasteiger partial charge < -0.3 is 10.4 Å². The smallest absolute Gasteiger partial charge is 0.433 e. The SMILES string of the molecule is Cc1cc(Nc2nccc(C(F)(F)F)n2)cc(-c2ccc(NS(=O)(=O)CC(=O)O)nc2)c1. The van der Waals surface area contributed by atoms with Gasteiger partial charge in [0.05, 0.1) is 0 Å². The maximum Gasteiger partial charge on any atom is 0.433 e. The number of halogens is 3. The fourth-order valence-electron chi connectivity index (χ4n) is 2.71. The van der Waals surface area contributed by atoms with E-state index in [9.17, 15) is 26.4 Å². The maximum atomic E-state index is 12.9. The Morgan fingerprint density at radius 1 is 1.09 bits per heavy atom. The maximum absolute atomic E-state index is 12.9.